The van der Waals surface area contributed by atoms with Gasteiger partial charge in [-0.3, -0.25) is 4.98 Å². The SMILES string of the molecule is CCNC(c1cncc(OC(C)C)c1)C(OC)C1CC1. The molecule has 0 aromatic carbocycles. The minimum absolute atomic E-state index is 0.159. The molecule has 0 bridgehead atoms. The quantitative estimate of drug-likeness (QED) is 0.794. The maximum absolute atomic E-state index is 5.74. The van der Waals surface area contributed by atoms with Crippen LogP contribution in [0.5, 0.6) is 5.75 Å². The van der Waals surface area contributed by atoms with E-state index in [4.69, 9.17) is 9.47 Å². The van der Waals surface area contributed by atoms with E-state index in [0.717, 1.165) is 17.9 Å². The third-order valence-electron chi connectivity index (χ3n) is 3.58. The average molecular weight is 278 g/mol. The monoisotopic (exact) mass is 278 g/mol. The number of nitrogens with zero attached hydrogens (tertiary/aromatic N) is 1. The fraction of sp³-hybridized carbons (Fsp3) is 0.688. The van der Waals surface area contributed by atoms with Crippen LogP contribution in [-0.2, 0) is 4.74 Å². The summed E-state index contributed by atoms with van der Waals surface area (Å²) in [6.07, 6.45) is 6.57. The molecule has 4 heteroatoms. The highest BCUT2D eigenvalue weighted by molar-refractivity contribution is 5.27. The summed E-state index contributed by atoms with van der Waals surface area (Å²) in [6, 6.07) is 2.26. The Balaban J connectivity index is 2.19. The van der Waals surface area contributed by atoms with Gasteiger partial charge < -0.3 is 14.8 Å². The molecule has 1 heterocycles. The molecule has 1 fully saturated rings. The van der Waals surface area contributed by atoms with Crippen LogP contribution in [0.3, 0.4) is 0 Å². The summed E-state index contributed by atoms with van der Waals surface area (Å²) in [7, 11) is 1.80. The van der Waals surface area contributed by atoms with Gasteiger partial charge in [0.25, 0.3) is 0 Å². The highest BCUT2D eigenvalue weighted by Crippen LogP contribution is 2.40. The molecule has 1 aliphatic carbocycles. The van der Waals surface area contributed by atoms with Crippen LogP contribution in [-0.4, -0.2) is 30.8 Å². The van der Waals surface area contributed by atoms with Crippen molar-refractivity contribution in [3.8, 4) is 5.75 Å². The Labute approximate surface area is 121 Å². The van der Waals surface area contributed by atoms with Crippen molar-refractivity contribution >= 4 is 0 Å². The molecule has 1 N–H and O–H groups in total. The zero-order valence-corrected chi connectivity index (χ0v) is 12.9. The molecular formula is C16H26N2O2. The normalized spacial score (nSPS) is 18.1. The predicted molar refractivity (Wildman–Crippen MR) is 79.9 cm³/mol. The molecule has 0 amide bonds. The van der Waals surface area contributed by atoms with E-state index in [0.29, 0.717) is 5.92 Å². The van der Waals surface area contributed by atoms with E-state index in [1.807, 2.05) is 20.0 Å². The lowest BCUT2D eigenvalue weighted by Gasteiger charge is -2.27. The molecular weight excluding hydrogens is 252 g/mol. The van der Waals surface area contributed by atoms with Crippen LogP contribution in [0, 0.1) is 5.92 Å². The lowest BCUT2D eigenvalue weighted by molar-refractivity contribution is 0.0509. The number of nitrogens with one attached hydrogen (secondary N) is 1. The Morgan fingerprint density at radius 1 is 1.35 bits per heavy atom. The van der Waals surface area contributed by atoms with E-state index in [1.165, 1.54) is 12.8 Å². The van der Waals surface area contributed by atoms with Gasteiger partial charge in [-0.05, 0) is 50.8 Å². The Hall–Kier alpha value is -1.13. The van der Waals surface area contributed by atoms with Crippen LogP contribution >= 0.6 is 0 Å². The van der Waals surface area contributed by atoms with Crippen molar-refractivity contribution in [2.75, 3.05) is 13.7 Å². The minimum Gasteiger partial charge on any atom is -0.489 e. The fourth-order valence-corrected chi connectivity index (χ4v) is 2.61. The molecule has 0 saturated heterocycles. The van der Waals surface area contributed by atoms with Crippen LogP contribution in [0.25, 0.3) is 0 Å². The van der Waals surface area contributed by atoms with Crippen molar-refractivity contribution < 1.29 is 9.47 Å². The Morgan fingerprint density at radius 3 is 2.65 bits per heavy atom. The van der Waals surface area contributed by atoms with E-state index in [-0.39, 0.29) is 18.2 Å². The predicted octanol–water partition coefficient (Wildman–Crippen LogP) is 2.94. The number of likely N-dealkylation sites (N-methyl/N-ethyl adjacent to an activating group) is 1. The zero-order valence-electron chi connectivity index (χ0n) is 12.9. The number of hydrogen-bond acceptors (Lipinski definition) is 4. The lowest BCUT2D eigenvalue weighted by atomic mass is 9.99. The Bertz CT molecular complexity index is 419. The molecule has 2 unspecified atom stereocenters. The van der Waals surface area contributed by atoms with Gasteiger partial charge in [0.1, 0.15) is 5.75 Å². The molecule has 2 atom stereocenters. The highest BCUT2D eigenvalue weighted by Gasteiger charge is 2.37. The number of methoxy groups -OCH3 is 1. The average Bonchev–Trinajstić information content (AvgIpc) is 3.23. The number of aromatic nitrogens is 1. The van der Waals surface area contributed by atoms with E-state index in [2.05, 4.69) is 23.3 Å². The molecule has 1 aliphatic rings. The van der Waals surface area contributed by atoms with E-state index in [1.54, 1.807) is 13.3 Å². The highest BCUT2D eigenvalue weighted by atomic mass is 16.5. The van der Waals surface area contributed by atoms with Crippen molar-refractivity contribution in [2.45, 2.75) is 51.9 Å². The van der Waals surface area contributed by atoms with Gasteiger partial charge in [-0.2, -0.15) is 0 Å². The van der Waals surface area contributed by atoms with Crippen LogP contribution < -0.4 is 10.1 Å². The maximum atomic E-state index is 5.74. The third kappa shape index (κ3) is 3.93. The van der Waals surface area contributed by atoms with Gasteiger partial charge >= 0.3 is 0 Å². The summed E-state index contributed by atoms with van der Waals surface area (Å²) in [6.45, 7) is 7.08. The summed E-state index contributed by atoms with van der Waals surface area (Å²) >= 11 is 0. The lowest BCUT2D eigenvalue weighted by Crippen LogP contribution is -2.34. The molecule has 2 rings (SSSR count). The van der Waals surface area contributed by atoms with Crippen LogP contribution in [0.1, 0.15) is 45.2 Å². The van der Waals surface area contributed by atoms with Gasteiger partial charge in [-0.15, -0.1) is 0 Å². The molecule has 1 saturated carbocycles. The zero-order chi connectivity index (χ0) is 14.5. The molecule has 0 spiro atoms. The second-order valence-corrected chi connectivity index (χ2v) is 5.69. The van der Waals surface area contributed by atoms with Crippen molar-refractivity contribution in [3.05, 3.63) is 24.0 Å². The van der Waals surface area contributed by atoms with Crippen molar-refractivity contribution in [1.82, 2.24) is 10.3 Å². The summed E-state index contributed by atoms with van der Waals surface area (Å²) < 4.78 is 11.5. The molecule has 112 valence electrons. The number of rotatable bonds is 8. The first-order valence-electron chi connectivity index (χ1n) is 7.53. The first-order valence-corrected chi connectivity index (χ1v) is 7.53. The van der Waals surface area contributed by atoms with E-state index in [9.17, 15) is 0 Å². The van der Waals surface area contributed by atoms with E-state index < -0.39 is 0 Å². The summed E-state index contributed by atoms with van der Waals surface area (Å²) in [5, 5.41) is 3.53. The molecule has 0 radical (unpaired) electrons. The van der Waals surface area contributed by atoms with Gasteiger partial charge in [0.05, 0.1) is 24.4 Å². The molecule has 20 heavy (non-hydrogen) atoms. The smallest absolute Gasteiger partial charge is 0.138 e. The van der Waals surface area contributed by atoms with Gasteiger partial charge in [0.2, 0.25) is 0 Å². The van der Waals surface area contributed by atoms with Gasteiger partial charge in [-0.1, -0.05) is 6.92 Å². The van der Waals surface area contributed by atoms with Crippen LogP contribution in [0.15, 0.2) is 18.5 Å². The van der Waals surface area contributed by atoms with E-state index >= 15 is 0 Å². The standard InChI is InChI=1S/C16H26N2O2/c1-5-18-15(16(19-4)12-6-7-12)13-8-14(10-17-9-13)20-11(2)3/h8-12,15-16,18H,5-7H2,1-4H3. The Kier molecular flexibility index (Phi) is 5.38. The van der Waals surface area contributed by atoms with Crippen LogP contribution in [0.2, 0.25) is 0 Å². The van der Waals surface area contributed by atoms with Gasteiger partial charge in [-0.25, -0.2) is 0 Å². The summed E-state index contributed by atoms with van der Waals surface area (Å²) in [5.74, 6) is 1.49. The molecule has 0 aliphatic heterocycles. The molecule has 4 nitrogen and oxygen atoms in total. The second kappa shape index (κ2) is 7.04. The maximum Gasteiger partial charge on any atom is 0.138 e. The largest absolute Gasteiger partial charge is 0.489 e. The topological polar surface area (TPSA) is 43.4 Å². The number of ether oxygens (including phenoxy) is 2. The fourth-order valence-electron chi connectivity index (χ4n) is 2.61. The van der Waals surface area contributed by atoms with Gasteiger partial charge in [0, 0.05) is 13.3 Å². The van der Waals surface area contributed by atoms with Crippen molar-refractivity contribution in [1.29, 1.82) is 0 Å². The first-order chi connectivity index (χ1) is 9.65. The molecule has 1 aromatic rings. The van der Waals surface area contributed by atoms with Crippen molar-refractivity contribution in [2.24, 2.45) is 5.92 Å². The minimum atomic E-state index is 0.159. The summed E-state index contributed by atoms with van der Waals surface area (Å²) in [5.41, 5.74) is 1.14. The van der Waals surface area contributed by atoms with Crippen molar-refractivity contribution in [3.63, 3.8) is 0 Å². The van der Waals surface area contributed by atoms with Crippen LogP contribution in [0.4, 0.5) is 0 Å². The molecule has 1 aromatic heterocycles. The third-order valence-corrected chi connectivity index (χ3v) is 3.58. The second-order valence-electron chi connectivity index (χ2n) is 5.69. The first kappa shape index (κ1) is 15.3. The Morgan fingerprint density at radius 2 is 2.10 bits per heavy atom. The van der Waals surface area contributed by atoms with Gasteiger partial charge in [0.15, 0.2) is 0 Å². The summed E-state index contributed by atoms with van der Waals surface area (Å²) in [4.78, 5) is 4.32. The number of pyridine rings is 1. The number of hydrogen-bond donors (Lipinski definition) is 1.